The molecule has 1 heterocycles. The van der Waals surface area contributed by atoms with E-state index >= 15 is 0 Å². The number of hydrogen-bond donors (Lipinski definition) is 2. The SMILES string of the molecule is Cc1csc(C(O)C(CN)c2c(F)cccc2Cl)c1Cl. The Bertz CT molecular complexity index is 597. The molecule has 20 heavy (non-hydrogen) atoms. The smallest absolute Gasteiger partial charge is 0.128 e. The van der Waals surface area contributed by atoms with E-state index in [4.69, 9.17) is 28.9 Å². The minimum atomic E-state index is -0.986. The van der Waals surface area contributed by atoms with Gasteiger partial charge in [-0.1, -0.05) is 29.3 Å². The Morgan fingerprint density at radius 3 is 2.60 bits per heavy atom. The molecule has 0 saturated carbocycles. The maximum Gasteiger partial charge on any atom is 0.128 e. The molecule has 1 aromatic heterocycles. The monoisotopic (exact) mass is 333 g/mol. The number of hydrogen-bond acceptors (Lipinski definition) is 3. The fraction of sp³-hybridized carbons (Fsp3) is 0.286. The van der Waals surface area contributed by atoms with Gasteiger partial charge in [0.15, 0.2) is 0 Å². The number of rotatable bonds is 4. The van der Waals surface area contributed by atoms with E-state index < -0.39 is 17.8 Å². The molecular weight excluding hydrogens is 320 g/mol. The lowest BCUT2D eigenvalue weighted by atomic mass is 9.91. The largest absolute Gasteiger partial charge is 0.387 e. The molecular formula is C14H14Cl2FNOS. The van der Waals surface area contributed by atoms with Crippen LogP contribution in [-0.4, -0.2) is 11.7 Å². The van der Waals surface area contributed by atoms with Crippen molar-refractivity contribution in [3.63, 3.8) is 0 Å². The highest BCUT2D eigenvalue weighted by atomic mass is 35.5. The van der Waals surface area contributed by atoms with E-state index in [0.717, 1.165) is 5.56 Å². The fourth-order valence-electron chi connectivity index (χ4n) is 2.10. The molecule has 1 aromatic carbocycles. The van der Waals surface area contributed by atoms with E-state index in [1.54, 1.807) is 6.07 Å². The molecule has 0 fully saturated rings. The second-order valence-electron chi connectivity index (χ2n) is 4.52. The first kappa shape index (κ1) is 15.7. The Hall–Kier alpha value is -0.650. The highest BCUT2D eigenvalue weighted by molar-refractivity contribution is 7.10. The summed E-state index contributed by atoms with van der Waals surface area (Å²) in [5, 5.41) is 13.1. The first-order chi connectivity index (χ1) is 9.47. The Labute approximate surface area is 130 Å². The highest BCUT2D eigenvalue weighted by Crippen LogP contribution is 2.41. The van der Waals surface area contributed by atoms with Crippen LogP contribution in [-0.2, 0) is 0 Å². The van der Waals surface area contributed by atoms with Crippen LogP contribution in [0, 0.1) is 12.7 Å². The molecule has 0 aliphatic heterocycles. The first-order valence-electron chi connectivity index (χ1n) is 6.02. The van der Waals surface area contributed by atoms with Crippen molar-refractivity contribution < 1.29 is 9.50 Å². The third-order valence-electron chi connectivity index (χ3n) is 3.20. The Balaban J connectivity index is 2.45. The summed E-state index contributed by atoms with van der Waals surface area (Å²) in [5.74, 6) is -1.12. The summed E-state index contributed by atoms with van der Waals surface area (Å²) in [5.41, 5.74) is 6.82. The molecule has 0 radical (unpaired) electrons. The van der Waals surface area contributed by atoms with Crippen LogP contribution in [0.15, 0.2) is 23.6 Å². The van der Waals surface area contributed by atoms with Crippen molar-refractivity contribution >= 4 is 34.5 Å². The van der Waals surface area contributed by atoms with E-state index in [2.05, 4.69) is 0 Å². The average Bonchev–Trinajstić information content (AvgIpc) is 2.74. The second kappa shape index (κ2) is 6.41. The van der Waals surface area contributed by atoms with Crippen LogP contribution < -0.4 is 5.73 Å². The van der Waals surface area contributed by atoms with Gasteiger partial charge in [-0.15, -0.1) is 11.3 Å². The van der Waals surface area contributed by atoms with Crippen LogP contribution in [0.5, 0.6) is 0 Å². The lowest BCUT2D eigenvalue weighted by molar-refractivity contribution is 0.149. The number of halogens is 3. The molecule has 2 rings (SSSR count). The lowest BCUT2D eigenvalue weighted by Gasteiger charge is -2.23. The van der Waals surface area contributed by atoms with Crippen LogP contribution in [0.1, 0.15) is 28.0 Å². The van der Waals surface area contributed by atoms with Crippen molar-refractivity contribution in [3.05, 3.63) is 55.4 Å². The minimum Gasteiger partial charge on any atom is -0.387 e. The lowest BCUT2D eigenvalue weighted by Crippen LogP contribution is -2.21. The molecule has 0 bridgehead atoms. The van der Waals surface area contributed by atoms with Crippen molar-refractivity contribution in [2.24, 2.45) is 5.73 Å². The maximum absolute atomic E-state index is 14.0. The quantitative estimate of drug-likeness (QED) is 0.877. The normalized spacial score (nSPS) is 14.3. The van der Waals surface area contributed by atoms with E-state index in [-0.39, 0.29) is 17.1 Å². The summed E-state index contributed by atoms with van der Waals surface area (Å²) in [6, 6.07) is 4.40. The van der Waals surface area contributed by atoms with Gasteiger partial charge in [-0.2, -0.15) is 0 Å². The number of aryl methyl sites for hydroxylation is 1. The van der Waals surface area contributed by atoms with Crippen LogP contribution >= 0.6 is 34.5 Å². The molecule has 0 aliphatic carbocycles. The fourth-order valence-corrected chi connectivity index (χ4v) is 3.76. The van der Waals surface area contributed by atoms with Crippen molar-refractivity contribution in [2.45, 2.75) is 18.9 Å². The average molecular weight is 334 g/mol. The van der Waals surface area contributed by atoms with Gasteiger partial charge in [0, 0.05) is 23.0 Å². The third kappa shape index (κ3) is 2.85. The Kier molecular flexibility index (Phi) is 5.04. The summed E-state index contributed by atoms with van der Waals surface area (Å²) in [7, 11) is 0. The molecule has 3 N–H and O–H groups in total. The van der Waals surface area contributed by atoms with Gasteiger partial charge in [-0.25, -0.2) is 4.39 Å². The summed E-state index contributed by atoms with van der Waals surface area (Å²) < 4.78 is 14.0. The van der Waals surface area contributed by atoms with Crippen molar-refractivity contribution in [1.29, 1.82) is 0 Å². The minimum absolute atomic E-state index is 0.0646. The van der Waals surface area contributed by atoms with Gasteiger partial charge in [0.25, 0.3) is 0 Å². The van der Waals surface area contributed by atoms with Gasteiger partial charge in [0.2, 0.25) is 0 Å². The summed E-state index contributed by atoms with van der Waals surface area (Å²) in [6.45, 7) is 1.91. The number of thiophene rings is 1. The zero-order valence-electron chi connectivity index (χ0n) is 10.7. The molecule has 2 atom stereocenters. The van der Waals surface area contributed by atoms with Crippen LogP contribution in [0.3, 0.4) is 0 Å². The van der Waals surface area contributed by atoms with Crippen LogP contribution in [0.25, 0.3) is 0 Å². The summed E-state index contributed by atoms with van der Waals surface area (Å²) >= 11 is 13.5. The molecule has 0 aliphatic rings. The molecule has 2 aromatic rings. The standard InChI is InChI=1S/C14H14Cl2FNOS/c1-7-6-20-14(12(7)16)13(19)8(5-18)11-9(15)3-2-4-10(11)17/h2-4,6,8,13,19H,5,18H2,1H3. The van der Waals surface area contributed by atoms with Crippen molar-refractivity contribution in [3.8, 4) is 0 Å². The Morgan fingerprint density at radius 2 is 2.10 bits per heavy atom. The van der Waals surface area contributed by atoms with E-state index in [9.17, 15) is 9.50 Å². The molecule has 0 saturated heterocycles. The van der Waals surface area contributed by atoms with Gasteiger partial charge < -0.3 is 10.8 Å². The van der Waals surface area contributed by atoms with Gasteiger partial charge in [-0.3, -0.25) is 0 Å². The molecule has 108 valence electrons. The predicted octanol–water partition coefficient (Wildman–Crippen LogP) is 4.28. The van der Waals surface area contributed by atoms with Gasteiger partial charge in [0.05, 0.1) is 16.0 Å². The first-order valence-corrected chi connectivity index (χ1v) is 7.66. The van der Waals surface area contributed by atoms with Crippen LogP contribution in [0.4, 0.5) is 4.39 Å². The van der Waals surface area contributed by atoms with E-state index in [1.807, 2.05) is 12.3 Å². The molecule has 2 unspecified atom stereocenters. The molecule has 6 heteroatoms. The molecule has 2 nitrogen and oxygen atoms in total. The summed E-state index contributed by atoms with van der Waals surface area (Å²) in [6.07, 6.45) is -0.986. The summed E-state index contributed by atoms with van der Waals surface area (Å²) in [4.78, 5) is 0.582. The van der Waals surface area contributed by atoms with E-state index in [1.165, 1.54) is 23.5 Å². The van der Waals surface area contributed by atoms with Gasteiger partial charge in [0.1, 0.15) is 5.82 Å². The van der Waals surface area contributed by atoms with Crippen LogP contribution in [0.2, 0.25) is 10.0 Å². The third-order valence-corrected chi connectivity index (χ3v) is 5.31. The van der Waals surface area contributed by atoms with E-state index in [0.29, 0.717) is 9.90 Å². The number of aliphatic hydroxyl groups excluding tert-OH is 1. The van der Waals surface area contributed by atoms with Crippen molar-refractivity contribution in [2.75, 3.05) is 6.54 Å². The topological polar surface area (TPSA) is 46.2 Å². The second-order valence-corrected chi connectivity index (χ2v) is 6.22. The Morgan fingerprint density at radius 1 is 1.40 bits per heavy atom. The van der Waals surface area contributed by atoms with Gasteiger partial charge >= 0.3 is 0 Å². The van der Waals surface area contributed by atoms with Gasteiger partial charge in [-0.05, 0) is 30.0 Å². The highest BCUT2D eigenvalue weighted by Gasteiger charge is 2.29. The number of nitrogens with two attached hydrogens (primary N) is 1. The number of aliphatic hydroxyl groups is 1. The molecule has 0 spiro atoms. The number of benzene rings is 1. The maximum atomic E-state index is 14.0. The zero-order valence-corrected chi connectivity index (χ0v) is 13.1. The predicted molar refractivity (Wildman–Crippen MR) is 82.2 cm³/mol. The molecule has 0 amide bonds. The zero-order chi connectivity index (χ0) is 14.9. The van der Waals surface area contributed by atoms with Crippen molar-refractivity contribution in [1.82, 2.24) is 0 Å².